The summed E-state index contributed by atoms with van der Waals surface area (Å²) in [6.45, 7) is 3.71. The summed E-state index contributed by atoms with van der Waals surface area (Å²) in [5.74, 6) is 0.958. The Balaban J connectivity index is 2.11. The van der Waals surface area contributed by atoms with Gasteiger partial charge in [-0.15, -0.1) is 0 Å². The summed E-state index contributed by atoms with van der Waals surface area (Å²) in [6, 6.07) is 1.74. The molecular formula is C13H20N6O. The van der Waals surface area contributed by atoms with Crippen molar-refractivity contribution in [2.24, 2.45) is 12.8 Å². The van der Waals surface area contributed by atoms with Crippen LogP contribution in [-0.4, -0.2) is 31.2 Å². The third-order valence-electron chi connectivity index (χ3n) is 3.17. The molecule has 2 aromatic rings. The van der Waals surface area contributed by atoms with Gasteiger partial charge in [0.25, 0.3) is 0 Å². The van der Waals surface area contributed by atoms with Gasteiger partial charge in [0.1, 0.15) is 5.69 Å². The summed E-state index contributed by atoms with van der Waals surface area (Å²) >= 11 is 0. The molecule has 2 aromatic heterocycles. The van der Waals surface area contributed by atoms with E-state index in [-0.39, 0.29) is 5.91 Å². The number of anilines is 1. The lowest BCUT2D eigenvalue weighted by Gasteiger charge is -2.21. The normalized spacial score (nSPS) is 14.0. The Morgan fingerprint density at radius 2 is 2.35 bits per heavy atom. The van der Waals surface area contributed by atoms with Crippen LogP contribution in [-0.2, 0) is 11.8 Å². The smallest absolute Gasteiger partial charge is 0.245 e. The van der Waals surface area contributed by atoms with Gasteiger partial charge in [-0.2, -0.15) is 5.10 Å². The molecule has 108 valence electrons. The largest absolute Gasteiger partial charge is 0.333 e. The number of imidazole rings is 1. The van der Waals surface area contributed by atoms with Crippen LogP contribution in [0.1, 0.15) is 26.7 Å². The van der Waals surface area contributed by atoms with Crippen LogP contribution in [0.2, 0.25) is 0 Å². The molecule has 0 aliphatic rings. The van der Waals surface area contributed by atoms with Crippen LogP contribution >= 0.6 is 0 Å². The number of rotatable bonds is 5. The zero-order valence-corrected chi connectivity index (χ0v) is 12.0. The molecule has 1 unspecified atom stereocenters. The average molecular weight is 276 g/mol. The number of hydrogen-bond donors (Lipinski definition) is 3. The monoisotopic (exact) mass is 276 g/mol. The van der Waals surface area contributed by atoms with E-state index >= 15 is 0 Å². The van der Waals surface area contributed by atoms with E-state index in [1.165, 1.54) is 0 Å². The van der Waals surface area contributed by atoms with E-state index in [2.05, 4.69) is 20.5 Å². The molecule has 1 amide bonds. The summed E-state index contributed by atoms with van der Waals surface area (Å²) in [4.78, 5) is 16.3. The number of hydrogen-bond acceptors (Lipinski definition) is 4. The molecule has 7 nitrogen and oxygen atoms in total. The number of aromatic amines is 1. The van der Waals surface area contributed by atoms with E-state index in [4.69, 9.17) is 5.73 Å². The lowest BCUT2D eigenvalue weighted by Crippen LogP contribution is -2.48. The van der Waals surface area contributed by atoms with Gasteiger partial charge in [0, 0.05) is 25.5 Å². The van der Waals surface area contributed by atoms with Gasteiger partial charge in [-0.1, -0.05) is 13.3 Å². The fourth-order valence-electron chi connectivity index (χ4n) is 2.02. The molecule has 0 saturated heterocycles. The number of aromatic nitrogens is 4. The first kappa shape index (κ1) is 14.3. The highest BCUT2D eigenvalue weighted by atomic mass is 16.2. The highest BCUT2D eigenvalue weighted by Crippen LogP contribution is 2.18. The summed E-state index contributed by atoms with van der Waals surface area (Å²) in [5.41, 5.74) is 5.82. The number of aryl methyl sites for hydroxylation is 1. The Bertz CT molecular complexity index is 598. The summed E-state index contributed by atoms with van der Waals surface area (Å²) < 4.78 is 1.86. The summed E-state index contributed by atoms with van der Waals surface area (Å²) in [7, 11) is 1.89. The van der Waals surface area contributed by atoms with Crippen LogP contribution in [0.3, 0.4) is 0 Å². The van der Waals surface area contributed by atoms with Crippen molar-refractivity contribution < 1.29 is 4.79 Å². The zero-order chi connectivity index (χ0) is 14.8. The number of carbonyl (C=O) groups excluding carboxylic acids is 1. The lowest BCUT2D eigenvalue weighted by molar-refractivity contribution is -0.120. The second-order valence-electron chi connectivity index (χ2n) is 5.15. The average Bonchev–Trinajstić information content (AvgIpc) is 2.97. The number of amides is 1. The standard InChI is InChI=1S/C13H20N6O/c1-4-5-13(2,14)12(20)16-10-8-9(17-18-10)11-15-6-7-19(11)3/h6-8H,4-5,14H2,1-3H3,(H2,16,17,18,20). The van der Waals surface area contributed by atoms with E-state index in [0.717, 1.165) is 17.9 Å². The zero-order valence-electron chi connectivity index (χ0n) is 12.0. The Labute approximate surface area is 117 Å². The second kappa shape index (κ2) is 5.46. The van der Waals surface area contributed by atoms with Crippen molar-refractivity contribution in [3.05, 3.63) is 18.5 Å². The van der Waals surface area contributed by atoms with Gasteiger partial charge in [0.05, 0.1) is 5.54 Å². The fourth-order valence-corrected chi connectivity index (χ4v) is 2.02. The van der Waals surface area contributed by atoms with Gasteiger partial charge in [-0.25, -0.2) is 4.98 Å². The minimum Gasteiger partial charge on any atom is -0.333 e. The van der Waals surface area contributed by atoms with Gasteiger partial charge < -0.3 is 15.6 Å². The Kier molecular flexibility index (Phi) is 3.89. The van der Waals surface area contributed by atoms with Gasteiger partial charge in [0.2, 0.25) is 5.91 Å². The first-order chi connectivity index (χ1) is 9.44. The molecule has 2 rings (SSSR count). The van der Waals surface area contributed by atoms with Crippen molar-refractivity contribution >= 4 is 11.7 Å². The molecule has 0 aromatic carbocycles. The molecule has 0 saturated carbocycles. The third-order valence-corrected chi connectivity index (χ3v) is 3.17. The number of carbonyl (C=O) groups is 1. The quantitative estimate of drug-likeness (QED) is 0.765. The first-order valence-corrected chi connectivity index (χ1v) is 6.57. The molecule has 0 radical (unpaired) electrons. The maximum Gasteiger partial charge on any atom is 0.245 e. The number of nitrogens with one attached hydrogen (secondary N) is 2. The van der Waals surface area contributed by atoms with Crippen molar-refractivity contribution in [3.63, 3.8) is 0 Å². The second-order valence-corrected chi connectivity index (χ2v) is 5.15. The molecular weight excluding hydrogens is 256 g/mol. The molecule has 7 heteroatoms. The van der Waals surface area contributed by atoms with Gasteiger partial charge >= 0.3 is 0 Å². The minimum atomic E-state index is -0.892. The summed E-state index contributed by atoms with van der Waals surface area (Å²) in [6.07, 6.45) is 5.01. The van der Waals surface area contributed by atoms with E-state index in [0.29, 0.717) is 12.2 Å². The molecule has 1 atom stereocenters. The van der Waals surface area contributed by atoms with Crippen molar-refractivity contribution in [1.82, 2.24) is 19.7 Å². The number of H-pyrrole nitrogens is 1. The predicted octanol–water partition coefficient (Wildman–Crippen LogP) is 1.27. The number of nitrogens with two attached hydrogens (primary N) is 1. The van der Waals surface area contributed by atoms with Crippen molar-refractivity contribution in [1.29, 1.82) is 0 Å². The van der Waals surface area contributed by atoms with Gasteiger partial charge in [0.15, 0.2) is 11.6 Å². The molecule has 2 heterocycles. The molecule has 0 aliphatic carbocycles. The van der Waals surface area contributed by atoms with Crippen molar-refractivity contribution in [2.45, 2.75) is 32.2 Å². The van der Waals surface area contributed by atoms with Crippen LogP contribution in [0.25, 0.3) is 11.5 Å². The minimum absolute atomic E-state index is 0.239. The van der Waals surface area contributed by atoms with Crippen molar-refractivity contribution in [2.75, 3.05) is 5.32 Å². The van der Waals surface area contributed by atoms with Gasteiger partial charge in [-0.05, 0) is 13.3 Å². The fraction of sp³-hybridized carbons (Fsp3) is 0.462. The maximum atomic E-state index is 12.1. The van der Waals surface area contributed by atoms with E-state index in [9.17, 15) is 4.79 Å². The van der Waals surface area contributed by atoms with Crippen LogP contribution in [0, 0.1) is 0 Å². The Morgan fingerprint density at radius 1 is 1.60 bits per heavy atom. The highest BCUT2D eigenvalue weighted by molar-refractivity contribution is 5.97. The van der Waals surface area contributed by atoms with Crippen molar-refractivity contribution in [3.8, 4) is 11.5 Å². The van der Waals surface area contributed by atoms with Crippen LogP contribution in [0.5, 0.6) is 0 Å². The first-order valence-electron chi connectivity index (χ1n) is 6.57. The highest BCUT2D eigenvalue weighted by Gasteiger charge is 2.27. The molecule has 0 aliphatic heterocycles. The van der Waals surface area contributed by atoms with E-state index in [1.807, 2.05) is 24.7 Å². The van der Waals surface area contributed by atoms with Gasteiger partial charge in [-0.3, -0.25) is 9.89 Å². The Hall–Kier alpha value is -2.15. The van der Waals surface area contributed by atoms with Crippen LogP contribution in [0.15, 0.2) is 18.5 Å². The summed E-state index contributed by atoms with van der Waals surface area (Å²) in [5, 5.41) is 9.64. The van der Waals surface area contributed by atoms with E-state index < -0.39 is 5.54 Å². The van der Waals surface area contributed by atoms with Crippen LogP contribution < -0.4 is 11.1 Å². The topological polar surface area (TPSA) is 102 Å². The molecule has 4 N–H and O–H groups in total. The predicted molar refractivity (Wildman–Crippen MR) is 76.9 cm³/mol. The number of nitrogens with zero attached hydrogens (tertiary/aromatic N) is 3. The SMILES string of the molecule is CCCC(C)(N)C(=O)Nc1cc(-c2nccn2C)[nH]n1. The van der Waals surface area contributed by atoms with E-state index in [1.54, 1.807) is 19.2 Å². The molecule has 20 heavy (non-hydrogen) atoms. The lowest BCUT2D eigenvalue weighted by atomic mass is 9.97. The molecule has 0 spiro atoms. The molecule has 0 fully saturated rings. The Morgan fingerprint density at radius 3 is 2.95 bits per heavy atom. The maximum absolute atomic E-state index is 12.1. The van der Waals surface area contributed by atoms with Crippen LogP contribution in [0.4, 0.5) is 5.82 Å². The molecule has 0 bridgehead atoms. The third kappa shape index (κ3) is 2.88.